The Morgan fingerprint density at radius 2 is 1.17 bits per heavy atom. The van der Waals surface area contributed by atoms with Crippen LogP contribution >= 0.6 is 0 Å². The van der Waals surface area contributed by atoms with E-state index in [4.69, 9.17) is 0 Å². The van der Waals surface area contributed by atoms with Crippen molar-refractivity contribution >= 4 is 0 Å². The minimum atomic E-state index is -6.72. The summed E-state index contributed by atoms with van der Waals surface area (Å²) >= 11 is 0. The van der Waals surface area contributed by atoms with Gasteiger partial charge in [0, 0.05) is 12.0 Å². The predicted octanol–water partition coefficient (Wildman–Crippen LogP) is 4.51. The Morgan fingerprint density at radius 3 is 1.58 bits per heavy atom. The van der Waals surface area contributed by atoms with Crippen LogP contribution in [0, 0.1) is 5.82 Å². The minimum Gasteiger partial charge on any atom is -0.388 e. The molecule has 136 valence electrons. The molecule has 0 radical (unpaired) electrons. The Morgan fingerprint density at radius 1 is 0.750 bits per heavy atom. The second-order valence-corrected chi connectivity index (χ2v) is 5.34. The van der Waals surface area contributed by atoms with Crippen LogP contribution in [-0.2, 0) is 0 Å². The molecular formula is C13H8F10O. The summed E-state index contributed by atoms with van der Waals surface area (Å²) in [7, 11) is 0. The van der Waals surface area contributed by atoms with Crippen molar-refractivity contribution in [3.63, 3.8) is 0 Å². The second-order valence-electron chi connectivity index (χ2n) is 5.34. The quantitative estimate of drug-likeness (QED) is 0.777. The third-order valence-electron chi connectivity index (χ3n) is 3.92. The van der Waals surface area contributed by atoms with Crippen LogP contribution in [0.25, 0.3) is 0 Å². The lowest BCUT2D eigenvalue weighted by Gasteiger charge is -2.32. The molecule has 1 saturated carbocycles. The van der Waals surface area contributed by atoms with E-state index in [9.17, 15) is 49.0 Å². The molecule has 1 aliphatic rings. The highest BCUT2D eigenvalue weighted by Gasteiger charge is 3.00. The zero-order chi connectivity index (χ0) is 18.8. The van der Waals surface area contributed by atoms with Crippen LogP contribution in [0.5, 0.6) is 0 Å². The summed E-state index contributed by atoms with van der Waals surface area (Å²) in [4.78, 5) is 0. The molecule has 24 heavy (non-hydrogen) atoms. The van der Waals surface area contributed by atoms with Crippen molar-refractivity contribution in [3.8, 4) is 0 Å². The van der Waals surface area contributed by atoms with E-state index in [2.05, 4.69) is 0 Å². The van der Waals surface area contributed by atoms with E-state index in [1.165, 1.54) is 0 Å². The molecule has 1 aromatic carbocycles. The van der Waals surface area contributed by atoms with Crippen LogP contribution in [0.3, 0.4) is 0 Å². The minimum absolute atomic E-state index is 0.637. The molecule has 1 aromatic rings. The molecule has 0 heterocycles. The Bertz CT molecular complexity index is 615. The Hall–Kier alpha value is -1.52. The van der Waals surface area contributed by atoms with Crippen LogP contribution in [0.4, 0.5) is 43.9 Å². The second kappa shape index (κ2) is 4.99. The molecule has 0 amide bonds. The summed E-state index contributed by atoms with van der Waals surface area (Å²) in [6, 6.07) is 3.35. The maximum Gasteiger partial charge on any atom is 0.381 e. The van der Waals surface area contributed by atoms with E-state index in [0.717, 1.165) is 12.1 Å². The van der Waals surface area contributed by atoms with Crippen molar-refractivity contribution < 1.29 is 49.0 Å². The first-order valence-corrected chi connectivity index (χ1v) is 6.28. The number of rotatable bonds is 3. The molecule has 1 N–H and O–H groups in total. The number of aliphatic hydroxyl groups is 1. The average Bonchev–Trinajstić information content (AvgIpc) is 2.50. The molecule has 0 aliphatic heterocycles. The number of halogens is 10. The van der Waals surface area contributed by atoms with Gasteiger partial charge in [-0.25, -0.2) is 8.78 Å². The fourth-order valence-corrected chi connectivity index (χ4v) is 2.47. The molecule has 1 aliphatic carbocycles. The maximum absolute atomic E-state index is 14.2. The highest BCUT2D eigenvalue weighted by molar-refractivity contribution is 5.29. The molecule has 1 atom stereocenters. The molecule has 1 nitrogen and oxygen atoms in total. The number of aliphatic hydroxyl groups excluding tert-OH is 1. The Balaban J connectivity index is 2.53. The van der Waals surface area contributed by atoms with Gasteiger partial charge in [0.2, 0.25) is 0 Å². The maximum atomic E-state index is 14.2. The Labute approximate surface area is 127 Å². The van der Waals surface area contributed by atoms with Crippen molar-refractivity contribution in [3.05, 3.63) is 35.6 Å². The third-order valence-corrected chi connectivity index (χ3v) is 3.92. The van der Waals surface area contributed by atoms with Crippen molar-refractivity contribution in [2.75, 3.05) is 0 Å². The van der Waals surface area contributed by atoms with Crippen LogP contribution in [0.15, 0.2) is 24.3 Å². The largest absolute Gasteiger partial charge is 0.388 e. The molecule has 0 spiro atoms. The summed E-state index contributed by atoms with van der Waals surface area (Å²) in [5, 5.41) is 9.50. The van der Waals surface area contributed by atoms with E-state index < -0.39 is 53.3 Å². The molecule has 1 fully saturated rings. The number of benzene rings is 1. The van der Waals surface area contributed by atoms with Crippen molar-refractivity contribution in [1.29, 1.82) is 0 Å². The van der Waals surface area contributed by atoms with Gasteiger partial charge in [-0.3, -0.25) is 0 Å². The van der Waals surface area contributed by atoms with E-state index in [-0.39, 0.29) is 0 Å². The topological polar surface area (TPSA) is 20.2 Å². The molecule has 0 saturated heterocycles. The zero-order valence-electron chi connectivity index (χ0n) is 11.3. The zero-order valence-corrected chi connectivity index (χ0v) is 11.3. The third kappa shape index (κ3) is 1.93. The van der Waals surface area contributed by atoms with Gasteiger partial charge in [-0.15, -0.1) is 0 Å². The highest BCUT2D eigenvalue weighted by Crippen LogP contribution is 2.70. The van der Waals surface area contributed by atoms with E-state index in [0.29, 0.717) is 12.1 Å². The fourth-order valence-electron chi connectivity index (χ4n) is 2.47. The SMILES string of the molecule is OC(CC1(F)C(F)(F)C(F)(F)C(F)(F)C1(F)F)c1ccccc1F. The first-order chi connectivity index (χ1) is 10.6. The first kappa shape index (κ1) is 18.8. The van der Waals surface area contributed by atoms with Gasteiger partial charge in [0.15, 0.2) is 0 Å². The van der Waals surface area contributed by atoms with E-state index >= 15 is 0 Å². The molecule has 0 bridgehead atoms. The fraction of sp³-hybridized carbons (Fsp3) is 0.538. The number of hydrogen-bond donors (Lipinski definition) is 1. The smallest absolute Gasteiger partial charge is 0.381 e. The van der Waals surface area contributed by atoms with Crippen LogP contribution < -0.4 is 0 Å². The summed E-state index contributed by atoms with van der Waals surface area (Å²) in [5.41, 5.74) is -6.80. The van der Waals surface area contributed by atoms with Crippen molar-refractivity contribution in [2.45, 2.75) is 41.9 Å². The lowest BCUT2D eigenvalue weighted by Crippen LogP contribution is -2.55. The number of hydrogen-bond acceptors (Lipinski definition) is 1. The summed E-state index contributed by atoms with van der Waals surface area (Å²) in [6.45, 7) is 0. The molecule has 11 heteroatoms. The van der Waals surface area contributed by atoms with Gasteiger partial charge in [0.25, 0.3) is 5.67 Å². The normalized spacial score (nSPS) is 27.0. The van der Waals surface area contributed by atoms with Gasteiger partial charge >= 0.3 is 23.7 Å². The van der Waals surface area contributed by atoms with Gasteiger partial charge in [-0.2, -0.15) is 35.1 Å². The van der Waals surface area contributed by atoms with Crippen LogP contribution in [0.2, 0.25) is 0 Å². The molecular weight excluding hydrogens is 362 g/mol. The molecule has 2 rings (SSSR count). The van der Waals surface area contributed by atoms with Crippen molar-refractivity contribution in [1.82, 2.24) is 0 Å². The molecule has 0 aromatic heterocycles. The van der Waals surface area contributed by atoms with Gasteiger partial charge in [0.05, 0.1) is 6.10 Å². The van der Waals surface area contributed by atoms with Gasteiger partial charge < -0.3 is 5.11 Å². The van der Waals surface area contributed by atoms with Crippen LogP contribution in [-0.4, -0.2) is 34.5 Å². The van der Waals surface area contributed by atoms with Gasteiger partial charge in [0.1, 0.15) is 5.82 Å². The van der Waals surface area contributed by atoms with Gasteiger partial charge in [-0.1, -0.05) is 18.2 Å². The van der Waals surface area contributed by atoms with Gasteiger partial charge in [-0.05, 0) is 6.07 Å². The summed E-state index contributed by atoms with van der Waals surface area (Å²) < 4.78 is 134. The van der Waals surface area contributed by atoms with E-state index in [1.54, 1.807) is 0 Å². The molecule has 1 unspecified atom stereocenters. The lowest BCUT2D eigenvalue weighted by atomic mass is 9.87. The summed E-state index contributed by atoms with van der Waals surface area (Å²) in [5.74, 6) is -27.8. The standard InChI is InChI=1S/C13H8F10O/c14-7-4-2-1-3-6(7)8(24)5-9(15)10(16,17)12(20,21)13(22,23)11(9,18)19/h1-4,8,24H,5H2. The number of alkyl halides is 9. The van der Waals surface area contributed by atoms with E-state index in [1.807, 2.05) is 0 Å². The summed E-state index contributed by atoms with van der Waals surface area (Å²) in [6.07, 6.45) is -5.36. The predicted molar refractivity (Wildman–Crippen MR) is 59.6 cm³/mol. The average molecular weight is 370 g/mol. The van der Waals surface area contributed by atoms with Crippen LogP contribution in [0.1, 0.15) is 18.1 Å². The monoisotopic (exact) mass is 370 g/mol. The highest BCUT2D eigenvalue weighted by atomic mass is 19.4. The van der Waals surface area contributed by atoms with Crippen molar-refractivity contribution in [2.24, 2.45) is 0 Å². The first-order valence-electron chi connectivity index (χ1n) is 6.28. The Kier molecular flexibility index (Phi) is 3.91. The lowest BCUT2D eigenvalue weighted by molar-refractivity contribution is -0.303.